The number of fused-ring (bicyclic) bond motifs is 1. The number of aliphatic hydroxyl groups is 1. The van der Waals surface area contributed by atoms with Crippen molar-refractivity contribution in [3.63, 3.8) is 0 Å². The molecule has 3 aromatic rings. The minimum Gasteiger partial charge on any atom is -0.394 e. The highest BCUT2D eigenvalue weighted by atomic mass is 33.1. The summed E-state index contributed by atoms with van der Waals surface area (Å²) < 4.78 is 50.2. The SMILES string of the molecule is CC(C)(CNC(=O)C(F)(F)F)SSCO[C@@H]1C[C@H](n2cnc3c(NC(=O)c4ccccc4)ncnc32)OC1CO. The lowest BCUT2D eigenvalue weighted by atomic mass is 10.2. The highest BCUT2D eigenvalue weighted by Gasteiger charge is 2.40. The number of aromatic nitrogens is 4. The van der Waals surface area contributed by atoms with Crippen LogP contribution >= 0.6 is 21.6 Å². The summed E-state index contributed by atoms with van der Waals surface area (Å²) in [6, 6.07) is 8.67. The molecule has 0 bridgehead atoms. The number of rotatable bonds is 11. The molecule has 1 aromatic carbocycles. The van der Waals surface area contributed by atoms with Crippen LogP contribution in [0.5, 0.6) is 0 Å². The molecule has 1 fully saturated rings. The van der Waals surface area contributed by atoms with Crippen LogP contribution in [0, 0.1) is 0 Å². The van der Waals surface area contributed by atoms with Gasteiger partial charge >= 0.3 is 12.1 Å². The van der Waals surface area contributed by atoms with Crippen molar-refractivity contribution in [3.8, 4) is 0 Å². The van der Waals surface area contributed by atoms with Gasteiger partial charge in [0.15, 0.2) is 17.0 Å². The van der Waals surface area contributed by atoms with Crippen molar-refractivity contribution in [3.05, 3.63) is 48.5 Å². The third-order valence-electron chi connectivity index (χ3n) is 5.84. The molecule has 2 aromatic heterocycles. The first kappa shape index (κ1) is 30.0. The molecule has 0 radical (unpaired) electrons. The molecule has 0 aliphatic carbocycles. The molecule has 216 valence electrons. The van der Waals surface area contributed by atoms with Crippen molar-refractivity contribution in [2.75, 3.05) is 24.4 Å². The lowest BCUT2D eigenvalue weighted by Gasteiger charge is -2.24. The number of hydrogen-bond donors (Lipinski definition) is 3. The number of nitrogens with one attached hydrogen (secondary N) is 2. The normalized spacial score (nSPS) is 19.6. The third kappa shape index (κ3) is 7.42. The van der Waals surface area contributed by atoms with Crippen molar-refractivity contribution in [2.45, 2.75) is 49.6 Å². The Morgan fingerprint density at radius 3 is 2.65 bits per heavy atom. The van der Waals surface area contributed by atoms with Crippen LogP contribution in [0.2, 0.25) is 0 Å². The highest BCUT2D eigenvalue weighted by Crippen LogP contribution is 2.38. The topological polar surface area (TPSA) is 140 Å². The maximum absolute atomic E-state index is 12.6. The molecule has 16 heteroatoms. The van der Waals surface area contributed by atoms with Crippen LogP contribution in [0.15, 0.2) is 43.0 Å². The van der Waals surface area contributed by atoms with Gasteiger partial charge in [-0.25, -0.2) is 15.0 Å². The van der Waals surface area contributed by atoms with Gasteiger partial charge in [0.25, 0.3) is 5.91 Å². The molecule has 3 atom stereocenters. The maximum Gasteiger partial charge on any atom is 0.471 e. The summed E-state index contributed by atoms with van der Waals surface area (Å²) in [4.78, 5) is 36.5. The van der Waals surface area contributed by atoms with E-state index in [0.29, 0.717) is 23.1 Å². The van der Waals surface area contributed by atoms with E-state index in [4.69, 9.17) is 9.47 Å². The van der Waals surface area contributed by atoms with Crippen LogP contribution in [0.4, 0.5) is 19.0 Å². The van der Waals surface area contributed by atoms with Crippen molar-refractivity contribution >= 4 is 50.4 Å². The largest absolute Gasteiger partial charge is 0.471 e. The number of hydrogen-bond acceptors (Lipinski definition) is 10. The lowest BCUT2D eigenvalue weighted by molar-refractivity contribution is -0.173. The first-order chi connectivity index (χ1) is 19.0. The molecule has 4 rings (SSSR count). The second-order valence-electron chi connectivity index (χ2n) is 9.38. The highest BCUT2D eigenvalue weighted by molar-refractivity contribution is 8.77. The first-order valence-electron chi connectivity index (χ1n) is 12.1. The number of amides is 2. The van der Waals surface area contributed by atoms with E-state index in [1.165, 1.54) is 34.2 Å². The average molecular weight is 601 g/mol. The predicted octanol–water partition coefficient (Wildman–Crippen LogP) is 3.54. The number of ether oxygens (including phenoxy) is 2. The van der Waals surface area contributed by atoms with E-state index < -0.39 is 35.3 Å². The fourth-order valence-corrected chi connectivity index (χ4v) is 6.03. The third-order valence-corrected chi connectivity index (χ3v) is 8.79. The molecule has 0 spiro atoms. The number of carbonyl (C=O) groups excluding carboxylic acids is 2. The van der Waals surface area contributed by atoms with Crippen LogP contribution < -0.4 is 10.6 Å². The molecule has 1 aliphatic rings. The van der Waals surface area contributed by atoms with Crippen molar-refractivity contribution < 1.29 is 37.3 Å². The molecule has 2 amide bonds. The summed E-state index contributed by atoms with van der Waals surface area (Å²) in [6.45, 7) is 2.93. The molecule has 0 saturated carbocycles. The molecule has 1 unspecified atom stereocenters. The Bertz CT molecular complexity index is 1330. The van der Waals surface area contributed by atoms with Crippen molar-refractivity contribution in [1.82, 2.24) is 24.8 Å². The molecule has 40 heavy (non-hydrogen) atoms. The van der Waals surface area contributed by atoms with Gasteiger partial charge in [0.1, 0.15) is 24.6 Å². The summed E-state index contributed by atoms with van der Waals surface area (Å²) in [6.07, 6.45) is -3.42. The van der Waals surface area contributed by atoms with E-state index in [1.54, 1.807) is 48.7 Å². The Morgan fingerprint density at radius 2 is 1.95 bits per heavy atom. The molecular weight excluding hydrogens is 573 g/mol. The van der Waals surface area contributed by atoms with Crippen LogP contribution in [0.1, 0.15) is 36.9 Å². The van der Waals surface area contributed by atoms with E-state index in [2.05, 4.69) is 20.3 Å². The molecule has 3 heterocycles. The minimum absolute atomic E-state index is 0.168. The monoisotopic (exact) mass is 600 g/mol. The van der Waals surface area contributed by atoms with Crippen LogP contribution in [0.25, 0.3) is 11.2 Å². The number of benzene rings is 1. The van der Waals surface area contributed by atoms with E-state index in [0.717, 1.165) is 0 Å². The van der Waals surface area contributed by atoms with Gasteiger partial charge in [-0.1, -0.05) is 39.8 Å². The zero-order valence-electron chi connectivity index (χ0n) is 21.4. The van der Waals surface area contributed by atoms with E-state index >= 15 is 0 Å². The number of anilines is 1. The van der Waals surface area contributed by atoms with E-state index in [-0.39, 0.29) is 30.8 Å². The Hall–Kier alpha value is -2.92. The Labute approximate surface area is 235 Å². The van der Waals surface area contributed by atoms with Gasteiger partial charge in [0.2, 0.25) is 0 Å². The summed E-state index contributed by atoms with van der Waals surface area (Å²) in [5.41, 5.74) is 1.25. The summed E-state index contributed by atoms with van der Waals surface area (Å²) in [7, 11) is 2.54. The van der Waals surface area contributed by atoms with Crippen LogP contribution in [-0.4, -0.2) is 78.7 Å². The van der Waals surface area contributed by atoms with Crippen LogP contribution in [0.3, 0.4) is 0 Å². The molecular formula is C24H27F3N6O5S2. The van der Waals surface area contributed by atoms with Gasteiger partial charge in [0.05, 0.1) is 19.0 Å². The molecule has 3 N–H and O–H groups in total. The van der Waals surface area contributed by atoms with Gasteiger partial charge in [-0.2, -0.15) is 13.2 Å². The van der Waals surface area contributed by atoms with Gasteiger partial charge in [-0.3, -0.25) is 14.2 Å². The number of halogens is 3. The summed E-state index contributed by atoms with van der Waals surface area (Å²) in [5.74, 6) is -1.92. The van der Waals surface area contributed by atoms with E-state index in [1.807, 2.05) is 5.32 Å². The number of alkyl halides is 3. The number of imidazole rings is 1. The fraction of sp³-hybridized carbons (Fsp3) is 0.458. The average Bonchev–Trinajstić information content (AvgIpc) is 3.54. The summed E-state index contributed by atoms with van der Waals surface area (Å²) in [5, 5.41) is 14.5. The van der Waals surface area contributed by atoms with Crippen LogP contribution in [-0.2, 0) is 14.3 Å². The van der Waals surface area contributed by atoms with Gasteiger partial charge in [0, 0.05) is 23.3 Å². The Balaban J connectivity index is 1.34. The number of carbonyl (C=O) groups is 2. The van der Waals surface area contributed by atoms with Crippen molar-refractivity contribution in [2.24, 2.45) is 0 Å². The van der Waals surface area contributed by atoms with E-state index in [9.17, 15) is 27.9 Å². The second-order valence-corrected chi connectivity index (χ2v) is 12.3. The minimum atomic E-state index is -4.93. The van der Waals surface area contributed by atoms with Gasteiger partial charge < -0.3 is 25.2 Å². The van der Waals surface area contributed by atoms with Gasteiger partial charge in [-0.15, -0.1) is 0 Å². The van der Waals surface area contributed by atoms with Gasteiger partial charge in [-0.05, 0) is 26.0 Å². The number of aliphatic hydroxyl groups excluding tert-OH is 1. The van der Waals surface area contributed by atoms with Crippen molar-refractivity contribution in [1.29, 1.82) is 0 Å². The predicted molar refractivity (Wildman–Crippen MR) is 143 cm³/mol. The smallest absolute Gasteiger partial charge is 0.394 e. The molecule has 1 aliphatic heterocycles. The standard InChI is InChI=1S/C24H27F3N6O5S2/c1-23(2,10-28-22(36)24(25,26)27)40-39-13-37-15-8-17(38-16(15)9-34)33-12-31-18-19(29-11-30-20(18)33)32-21(35)14-6-4-3-5-7-14/h3-7,11-12,15-17,34H,8-10,13H2,1-2H3,(H,28,36)(H,29,30,32,35)/t15-,16?,17-/m1/s1. The Kier molecular flexibility index (Phi) is 9.56. The molecule has 1 saturated heterocycles. The molecule has 11 nitrogen and oxygen atoms in total. The zero-order chi connectivity index (χ0) is 28.9. The summed E-state index contributed by atoms with van der Waals surface area (Å²) >= 11 is 0. The quantitative estimate of drug-likeness (QED) is 0.170. The number of nitrogens with zero attached hydrogens (tertiary/aromatic N) is 4. The zero-order valence-corrected chi connectivity index (χ0v) is 23.1. The first-order valence-corrected chi connectivity index (χ1v) is 14.4. The maximum atomic E-state index is 12.6. The second kappa shape index (κ2) is 12.7. The Morgan fingerprint density at radius 1 is 1.20 bits per heavy atom. The lowest BCUT2D eigenvalue weighted by Crippen LogP contribution is -2.42. The fourth-order valence-electron chi connectivity index (χ4n) is 3.86.